The number of hydrogen-bond donors (Lipinski definition) is 2. The summed E-state index contributed by atoms with van der Waals surface area (Å²) >= 11 is 0. The SMILES string of the molecule is O=C(O)CCCC=CC1C(=CNS(=O)(=O)CCc2ccc([N+](=O)[O-])cc2)C2CCC1C2. The van der Waals surface area contributed by atoms with Crippen LogP contribution in [0.25, 0.3) is 0 Å². The molecule has 31 heavy (non-hydrogen) atoms. The quantitative estimate of drug-likeness (QED) is 0.229. The summed E-state index contributed by atoms with van der Waals surface area (Å²) in [5, 5.41) is 19.4. The minimum atomic E-state index is -3.52. The second-order valence-electron chi connectivity index (χ2n) is 8.26. The molecule has 3 rings (SSSR count). The highest BCUT2D eigenvalue weighted by molar-refractivity contribution is 7.89. The van der Waals surface area contributed by atoms with E-state index in [0.717, 1.165) is 30.4 Å². The summed E-state index contributed by atoms with van der Waals surface area (Å²) in [5.41, 5.74) is 1.82. The van der Waals surface area contributed by atoms with Gasteiger partial charge in [0.25, 0.3) is 5.69 Å². The standard InChI is InChI=1S/C22H28N2O6S/c25-22(26)5-3-1-2-4-20-17-8-9-18(14-17)21(20)15-23-31(29,30)13-12-16-6-10-19(11-7-16)24(27)28/h2,4,6-7,10-11,15,17-18,20,23H,1,3,5,8-9,12-14H2,(H,25,26). The molecule has 0 aliphatic heterocycles. The first-order valence-electron chi connectivity index (χ1n) is 10.6. The van der Waals surface area contributed by atoms with E-state index < -0.39 is 20.9 Å². The first-order chi connectivity index (χ1) is 14.7. The van der Waals surface area contributed by atoms with Gasteiger partial charge in [0.15, 0.2) is 0 Å². The Labute approximate surface area is 182 Å². The number of allylic oxidation sites excluding steroid dienone is 3. The Balaban J connectivity index is 1.56. The number of hydrogen-bond acceptors (Lipinski definition) is 5. The smallest absolute Gasteiger partial charge is 0.303 e. The maximum absolute atomic E-state index is 12.5. The van der Waals surface area contributed by atoms with E-state index >= 15 is 0 Å². The number of carbonyl (C=O) groups is 1. The Morgan fingerprint density at radius 3 is 2.68 bits per heavy atom. The molecule has 1 aromatic rings. The monoisotopic (exact) mass is 448 g/mol. The number of nitrogens with zero attached hydrogens (tertiary/aromatic N) is 1. The van der Waals surface area contributed by atoms with Crippen LogP contribution in [0.5, 0.6) is 0 Å². The zero-order chi connectivity index (χ0) is 22.4. The Morgan fingerprint density at radius 1 is 1.26 bits per heavy atom. The molecule has 0 saturated heterocycles. The van der Waals surface area contributed by atoms with Crippen molar-refractivity contribution in [3.05, 3.63) is 63.9 Å². The Kier molecular flexibility index (Phi) is 7.48. The lowest BCUT2D eigenvalue weighted by Crippen LogP contribution is -2.24. The molecule has 2 aliphatic carbocycles. The number of nitrogens with one attached hydrogen (secondary N) is 1. The number of non-ortho nitro benzene ring substituents is 1. The zero-order valence-electron chi connectivity index (χ0n) is 17.3. The Hall–Kier alpha value is -2.68. The van der Waals surface area contributed by atoms with E-state index in [9.17, 15) is 23.3 Å². The molecule has 2 bridgehead atoms. The van der Waals surface area contributed by atoms with E-state index in [0.29, 0.717) is 24.7 Å². The summed E-state index contributed by atoms with van der Waals surface area (Å²) in [4.78, 5) is 20.8. The number of nitro groups is 1. The van der Waals surface area contributed by atoms with Gasteiger partial charge in [-0.3, -0.25) is 19.6 Å². The molecule has 3 unspecified atom stereocenters. The van der Waals surface area contributed by atoms with Crippen molar-refractivity contribution in [1.29, 1.82) is 0 Å². The molecule has 168 valence electrons. The van der Waals surface area contributed by atoms with E-state index in [4.69, 9.17) is 5.11 Å². The average molecular weight is 449 g/mol. The van der Waals surface area contributed by atoms with Gasteiger partial charge in [0.1, 0.15) is 0 Å². The van der Waals surface area contributed by atoms with Crippen molar-refractivity contribution in [2.75, 3.05) is 5.75 Å². The van der Waals surface area contributed by atoms with Gasteiger partial charge in [0.05, 0.1) is 10.7 Å². The molecule has 9 heteroatoms. The third kappa shape index (κ3) is 6.40. The van der Waals surface area contributed by atoms with E-state index in [2.05, 4.69) is 10.8 Å². The van der Waals surface area contributed by atoms with Gasteiger partial charge in [0, 0.05) is 30.7 Å². The maximum atomic E-state index is 12.5. The summed E-state index contributed by atoms with van der Waals surface area (Å²) in [6, 6.07) is 5.90. The van der Waals surface area contributed by atoms with Gasteiger partial charge in [-0.25, -0.2) is 8.42 Å². The molecular weight excluding hydrogens is 420 g/mol. The van der Waals surface area contributed by atoms with Crippen molar-refractivity contribution in [3.63, 3.8) is 0 Å². The lowest BCUT2D eigenvalue weighted by molar-refractivity contribution is -0.384. The fourth-order valence-corrected chi connectivity index (χ4v) is 5.48. The minimum Gasteiger partial charge on any atom is -0.481 e. The van der Waals surface area contributed by atoms with Crippen molar-refractivity contribution in [2.45, 2.75) is 44.9 Å². The predicted molar refractivity (Wildman–Crippen MR) is 117 cm³/mol. The van der Waals surface area contributed by atoms with Crippen LogP contribution in [-0.4, -0.2) is 30.2 Å². The fraction of sp³-hybridized carbons (Fsp3) is 0.500. The number of fused-ring (bicyclic) bond motifs is 2. The molecule has 2 saturated carbocycles. The van der Waals surface area contributed by atoms with Crippen LogP contribution in [0.1, 0.15) is 44.1 Å². The summed E-state index contributed by atoms with van der Waals surface area (Å²) < 4.78 is 27.6. The van der Waals surface area contributed by atoms with Crippen LogP contribution < -0.4 is 4.72 Å². The van der Waals surface area contributed by atoms with Gasteiger partial charge in [-0.05, 0) is 61.5 Å². The van der Waals surface area contributed by atoms with Crippen LogP contribution in [0.3, 0.4) is 0 Å². The number of benzene rings is 1. The van der Waals surface area contributed by atoms with Gasteiger partial charge in [-0.1, -0.05) is 24.3 Å². The number of unbranched alkanes of at least 4 members (excludes halogenated alkanes) is 1. The number of aliphatic carboxylic acids is 1. The molecule has 2 fully saturated rings. The summed E-state index contributed by atoms with van der Waals surface area (Å²) in [6.45, 7) is 0. The van der Waals surface area contributed by atoms with Crippen molar-refractivity contribution >= 4 is 21.7 Å². The number of aryl methyl sites for hydroxylation is 1. The van der Waals surface area contributed by atoms with Crippen LogP contribution >= 0.6 is 0 Å². The number of nitro benzene ring substituents is 1. The fourth-order valence-electron chi connectivity index (χ4n) is 4.54. The highest BCUT2D eigenvalue weighted by Gasteiger charge is 2.42. The largest absolute Gasteiger partial charge is 0.481 e. The molecule has 0 spiro atoms. The van der Waals surface area contributed by atoms with Gasteiger partial charge in [0.2, 0.25) is 10.0 Å². The Bertz CT molecular complexity index is 968. The number of sulfonamides is 1. The Morgan fingerprint density at radius 2 is 2.00 bits per heavy atom. The molecule has 3 atom stereocenters. The molecule has 0 heterocycles. The van der Waals surface area contributed by atoms with Gasteiger partial charge >= 0.3 is 5.97 Å². The molecular formula is C22H28N2O6S. The van der Waals surface area contributed by atoms with Crippen molar-refractivity contribution in [2.24, 2.45) is 17.8 Å². The van der Waals surface area contributed by atoms with Crippen molar-refractivity contribution in [3.8, 4) is 0 Å². The molecule has 0 radical (unpaired) electrons. The van der Waals surface area contributed by atoms with E-state index in [-0.39, 0.29) is 30.2 Å². The number of carboxylic acids is 1. The normalized spacial score (nSPS) is 24.1. The number of rotatable bonds is 11. The third-order valence-electron chi connectivity index (χ3n) is 6.15. The topological polar surface area (TPSA) is 127 Å². The maximum Gasteiger partial charge on any atom is 0.303 e. The number of carboxylic acid groups (broad SMARTS) is 1. The summed E-state index contributed by atoms with van der Waals surface area (Å²) in [7, 11) is -3.52. The van der Waals surface area contributed by atoms with Crippen LogP contribution in [0.2, 0.25) is 0 Å². The molecule has 2 N–H and O–H groups in total. The van der Waals surface area contributed by atoms with E-state index in [1.165, 1.54) is 12.1 Å². The van der Waals surface area contributed by atoms with E-state index in [1.807, 2.05) is 6.08 Å². The van der Waals surface area contributed by atoms with Gasteiger partial charge < -0.3 is 5.11 Å². The van der Waals surface area contributed by atoms with Gasteiger partial charge in [-0.15, -0.1) is 0 Å². The second-order valence-corrected chi connectivity index (χ2v) is 10.1. The van der Waals surface area contributed by atoms with Gasteiger partial charge in [-0.2, -0.15) is 0 Å². The predicted octanol–water partition coefficient (Wildman–Crippen LogP) is 3.80. The van der Waals surface area contributed by atoms with Crippen molar-refractivity contribution < 1.29 is 23.2 Å². The van der Waals surface area contributed by atoms with E-state index in [1.54, 1.807) is 18.3 Å². The highest BCUT2D eigenvalue weighted by atomic mass is 32.2. The molecule has 0 amide bonds. The lowest BCUT2D eigenvalue weighted by Gasteiger charge is -2.22. The summed E-state index contributed by atoms with van der Waals surface area (Å²) in [5.74, 6) is 0.240. The minimum absolute atomic E-state index is 0.0205. The average Bonchev–Trinajstić information content (AvgIpc) is 3.32. The molecule has 0 aromatic heterocycles. The second kappa shape index (κ2) is 10.1. The van der Waals surface area contributed by atoms with Crippen molar-refractivity contribution in [1.82, 2.24) is 4.72 Å². The van der Waals surface area contributed by atoms with Crippen LogP contribution in [-0.2, 0) is 21.2 Å². The highest BCUT2D eigenvalue weighted by Crippen LogP contribution is 2.52. The first kappa shape index (κ1) is 23.0. The first-order valence-corrected chi connectivity index (χ1v) is 12.2. The molecule has 8 nitrogen and oxygen atoms in total. The van der Waals surface area contributed by atoms with Crippen LogP contribution in [0, 0.1) is 27.9 Å². The summed E-state index contributed by atoms with van der Waals surface area (Å²) in [6.07, 6.45) is 10.8. The lowest BCUT2D eigenvalue weighted by atomic mass is 9.84. The van der Waals surface area contributed by atoms with Crippen LogP contribution in [0.4, 0.5) is 5.69 Å². The molecule has 1 aromatic carbocycles. The van der Waals surface area contributed by atoms with Crippen LogP contribution in [0.15, 0.2) is 48.2 Å². The zero-order valence-corrected chi connectivity index (χ0v) is 18.1. The molecule has 2 aliphatic rings. The third-order valence-corrected chi connectivity index (χ3v) is 7.37.